The summed E-state index contributed by atoms with van der Waals surface area (Å²) in [6, 6.07) is 7.43. The largest absolute Gasteiger partial charge is 0.338 e. The Kier molecular flexibility index (Phi) is 5.17. The van der Waals surface area contributed by atoms with Gasteiger partial charge in [0.15, 0.2) is 5.82 Å². The van der Waals surface area contributed by atoms with Gasteiger partial charge in [-0.05, 0) is 24.3 Å². The molecule has 2 aromatic heterocycles. The van der Waals surface area contributed by atoms with E-state index in [4.69, 9.17) is 10.4 Å². The highest BCUT2D eigenvalue weighted by atomic mass is 32.2. The molecule has 142 valence electrons. The number of aromatic nitrogens is 4. The second kappa shape index (κ2) is 7.39. The molecule has 0 spiro atoms. The van der Waals surface area contributed by atoms with Crippen molar-refractivity contribution in [3.05, 3.63) is 41.8 Å². The summed E-state index contributed by atoms with van der Waals surface area (Å²) in [5.74, 6) is 6.06. The van der Waals surface area contributed by atoms with Crippen LogP contribution in [-0.4, -0.2) is 31.7 Å². The number of nitrogens with two attached hydrogens (primary N) is 1. The number of nitrogens with zero attached hydrogens (tertiary/aromatic N) is 4. The molecule has 0 aliphatic heterocycles. The van der Waals surface area contributed by atoms with E-state index < -0.39 is 0 Å². The monoisotopic (exact) mass is 390 g/mol. The molecule has 0 radical (unpaired) electrons. The van der Waals surface area contributed by atoms with Gasteiger partial charge in [0, 0.05) is 17.0 Å². The van der Waals surface area contributed by atoms with Gasteiger partial charge in [0.2, 0.25) is 16.9 Å². The molecule has 0 saturated carbocycles. The number of amides is 1. The summed E-state index contributed by atoms with van der Waals surface area (Å²) in [7, 11) is 0. The molecule has 0 unspecified atom stereocenters. The first-order chi connectivity index (χ1) is 12.7. The molecule has 0 aliphatic carbocycles. The number of carbonyl (C=O) groups is 1. The number of nitrogen functional groups attached to an aromatic ring is 1. The van der Waals surface area contributed by atoms with Crippen molar-refractivity contribution >= 4 is 23.6 Å². The fourth-order valence-electron chi connectivity index (χ4n) is 2.16. The van der Waals surface area contributed by atoms with E-state index in [-0.39, 0.29) is 28.8 Å². The van der Waals surface area contributed by atoms with Crippen LogP contribution < -0.4 is 11.2 Å². The van der Waals surface area contributed by atoms with Crippen LogP contribution in [0.4, 0.5) is 10.3 Å². The lowest BCUT2D eigenvalue weighted by molar-refractivity contribution is -0.113. The second-order valence-electron chi connectivity index (χ2n) is 6.85. The zero-order valence-electron chi connectivity index (χ0n) is 15.1. The third-order valence-corrected chi connectivity index (χ3v) is 4.58. The smallest absolute Gasteiger partial charge is 0.237 e. The Balaban J connectivity index is 1.61. The lowest BCUT2D eigenvalue weighted by Gasteiger charge is -2.12. The number of carbonyl (C=O) groups excluding carboxylic acids is 1. The Morgan fingerprint density at radius 3 is 2.63 bits per heavy atom. The zero-order chi connectivity index (χ0) is 19.6. The standard InChI is InChI=1S/C17H19FN6O2S/c1-17(2,3)12-8-14(26-23-12)20-13(25)9-27-16-22-21-15(24(16)19)10-4-6-11(18)7-5-10/h4-8H,9,19H2,1-3H3,(H,20,25). The normalized spacial score (nSPS) is 11.6. The molecule has 10 heteroatoms. The third kappa shape index (κ3) is 4.45. The van der Waals surface area contributed by atoms with Gasteiger partial charge in [0.25, 0.3) is 0 Å². The van der Waals surface area contributed by atoms with E-state index in [0.29, 0.717) is 16.5 Å². The fourth-order valence-corrected chi connectivity index (χ4v) is 2.82. The molecule has 0 aliphatic rings. The SMILES string of the molecule is CC(C)(C)c1cc(NC(=O)CSc2nnc(-c3ccc(F)cc3)n2N)on1. The van der Waals surface area contributed by atoms with Gasteiger partial charge in [0.05, 0.1) is 11.4 Å². The Hall–Kier alpha value is -2.88. The maximum Gasteiger partial charge on any atom is 0.237 e. The van der Waals surface area contributed by atoms with E-state index in [1.165, 1.54) is 16.8 Å². The average molecular weight is 390 g/mol. The number of rotatable bonds is 5. The summed E-state index contributed by atoms with van der Waals surface area (Å²) < 4.78 is 19.4. The van der Waals surface area contributed by atoms with Crippen LogP contribution in [0, 0.1) is 5.82 Å². The highest BCUT2D eigenvalue weighted by molar-refractivity contribution is 7.99. The molecule has 3 rings (SSSR count). The summed E-state index contributed by atoms with van der Waals surface area (Å²) in [5, 5.41) is 14.9. The van der Waals surface area contributed by atoms with Gasteiger partial charge in [-0.15, -0.1) is 10.2 Å². The van der Waals surface area contributed by atoms with Crippen molar-refractivity contribution in [1.29, 1.82) is 0 Å². The Morgan fingerprint density at radius 2 is 2.00 bits per heavy atom. The summed E-state index contributed by atoms with van der Waals surface area (Å²) in [6.45, 7) is 6.00. The molecular weight excluding hydrogens is 371 g/mol. The summed E-state index contributed by atoms with van der Waals surface area (Å²) >= 11 is 1.12. The fraction of sp³-hybridized carbons (Fsp3) is 0.294. The van der Waals surface area contributed by atoms with Crippen molar-refractivity contribution in [2.24, 2.45) is 0 Å². The highest BCUT2D eigenvalue weighted by Gasteiger charge is 2.20. The lowest BCUT2D eigenvalue weighted by atomic mass is 9.92. The van der Waals surface area contributed by atoms with E-state index in [2.05, 4.69) is 20.7 Å². The molecule has 27 heavy (non-hydrogen) atoms. The Bertz CT molecular complexity index is 945. The molecular formula is C17H19FN6O2S. The van der Waals surface area contributed by atoms with Gasteiger partial charge in [-0.25, -0.2) is 9.07 Å². The number of hydrogen-bond acceptors (Lipinski definition) is 7. The van der Waals surface area contributed by atoms with Crippen LogP contribution in [0.15, 0.2) is 40.0 Å². The first kappa shape index (κ1) is 18.9. The van der Waals surface area contributed by atoms with Crippen LogP contribution >= 0.6 is 11.8 Å². The molecule has 3 aromatic rings. The first-order valence-corrected chi connectivity index (χ1v) is 9.09. The number of thioether (sulfide) groups is 1. The van der Waals surface area contributed by atoms with Crippen molar-refractivity contribution < 1.29 is 13.7 Å². The Labute approximate surface area is 159 Å². The molecule has 3 N–H and O–H groups in total. The summed E-state index contributed by atoms with van der Waals surface area (Å²) in [5.41, 5.74) is 1.20. The van der Waals surface area contributed by atoms with Gasteiger partial charge < -0.3 is 10.4 Å². The number of anilines is 1. The van der Waals surface area contributed by atoms with Crippen molar-refractivity contribution in [2.45, 2.75) is 31.3 Å². The maximum absolute atomic E-state index is 13.0. The molecule has 0 saturated heterocycles. The van der Waals surface area contributed by atoms with Crippen LogP contribution in [0.1, 0.15) is 26.5 Å². The van der Waals surface area contributed by atoms with Crippen LogP contribution in [0.2, 0.25) is 0 Å². The summed E-state index contributed by atoms with van der Waals surface area (Å²) in [4.78, 5) is 12.1. The van der Waals surface area contributed by atoms with Gasteiger partial charge in [-0.2, -0.15) is 0 Å². The van der Waals surface area contributed by atoms with E-state index in [1.807, 2.05) is 20.8 Å². The highest BCUT2D eigenvalue weighted by Crippen LogP contribution is 2.24. The minimum Gasteiger partial charge on any atom is -0.338 e. The van der Waals surface area contributed by atoms with E-state index in [9.17, 15) is 9.18 Å². The number of benzene rings is 1. The van der Waals surface area contributed by atoms with Crippen LogP contribution in [0.25, 0.3) is 11.4 Å². The second-order valence-corrected chi connectivity index (χ2v) is 7.79. The molecule has 0 bridgehead atoms. The molecule has 0 atom stereocenters. The number of hydrogen-bond donors (Lipinski definition) is 2. The lowest BCUT2D eigenvalue weighted by Crippen LogP contribution is -2.16. The minimum atomic E-state index is -0.352. The quantitative estimate of drug-likeness (QED) is 0.509. The van der Waals surface area contributed by atoms with Crippen molar-refractivity contribution in [3.8, 4) is 11.4 Å². The molecule has 2 heterocycles. The summed E-state index contributed by atoms with van der Waals surface area (Å²) in [6.07, 6.45) is 0. The van der Waals surface area contributed by atoms with E-state index >= 15 is 0 Å². The molecule has 8 nitrogen and oxygen atoms in total. The number of nitrogens with one attached hydrogen (secondary N) is 1. The van der Waals surface area contributed by atoms with Crippen molar-refractivity contribution in [2.75, 3.05) is 16.9 Å². The average Bonchev–Trinajstić information content (AvgIpc) is 3.21. The molecule has 1 aromatic carbocycles. The number of halogens is 1. The predicted molar refractivity (Wildman–Crippen MR) is 100 cm³/mol. The third-order valence-electron chi connectivity index (χ3n) is 3.64. The van der Waals surface area contributed by atoms with Crippen molar-refractivity contribution in [1.82, 2.24) is 20.0 Å². The van der Waals surface area contributed by atoms with Gasteiger partial charge in [-0.1, -0.05) is 37.7 Å². The zero-order valence-corrected chi connectivity index (χ0v) is 15.9. The Morgan fingerprint density at radius 1 is 1.30 bits per heavy atom. The van der Waals surface area contributed by atoms with E-state index in [1.54, 1.807) is 18.2 Å². The topological polar surface area (TPSA) is 112 Å². The first-order valence-electron chi connectivity index (χ1n) is 8.10. The minimum absolute atomic E-state index is 0.0598. The van der Waals surface area contributed by atoms with E-state index in [0.717, 1.165) is 17.5 Å². The maximum atomic E-state index is 13.0. The molecule has 0 fully saturated rings. The molecule has 1 amide bonds. The van der Waals surface area contributed by atoms with Gasteiger partial charge in [0.1, 0.15) is 5.82 Å². The van der Waals surface area contributed by atoms with Crippen LogP contribution in [0.3, 0.4) is 0 Å². The van der Waals surface area contributed by atoms with Crippen LogP contribution in [-0.2, 0) is 10.2 Å². The van der Waals surface area contributed by atoms with Gasteiger partial charge in [-0.3, -0.25) is 10.1 Å². The predicted octanol–water partition coefficient (Wildman–Crippen LogP) is 2.81. The van der Waals surface area contributed by atoms with Gasteiger partial charge >= 0.3 is 0 Å². The van der Waals surface area contributed by atoms with Crippen LogP contribution in [0.5, 0.6) is 0 Å². The van der Waals surface area contributed by atoms with Crippen molar-refractivity contribution in [3.63, 3.8) is 0 Å².